The molecule has 2 saturated heterocycles. The summed E-state index contributed by atoms with van der Waals surface area (Å²) in [6.45, 7) is 4.99. The average molecular weight is 235 g/mol. The molecular weight excluding hydrogens is 214 g/mol. The fourth-order valence-electron chi connectivity index (χ4n) is 2.79. The summed E-state index contributed by atoms with van der Waals surface area (Å²) in [6, 6.07) is 0.592. The zero-order chi connectivity index (χ0) is 12.1. The third kappa shape index (κ3) is 3.21. The molecule has 0 aromatic heterocycles. The lowest BCUT2D eigenvalue weighted by Crippen LogP contribution is -2.43. The van der Waals surface area contributed by atoms with Crippen LogP contribution in [0.4, 0.5) is 0 Å². The molecule has 4 nitrogen and oxygen atoms in total. The summed E-state index contributed by atoms with van der Waals surface area (Å²) in [5.41, 5.74) is 0. The Bertz CT molecular complexity index is 310. The molecule has 1 atom stereocenters. The Kier molecular flexibility index (Phi) is 4.41. The van der Waals surface area contributed by atoms with Crippen LogP contribution >= 0.6 is 0 Å². The molecule has 1 unspecified atom stereocenters. The summed E-state index contributed by atoms with van der Waals surface area (Å²) in [5.74, 6) is 2.67. The van der Waals surface area contributed by atoms with E-state index in [1.807, 2.05) is 4.90 Å². The molecule has 4 heteroatoms. The van der Waals surface area contributed by atoms with Crippen LogP contribution in [0.15, 0.2) is 0 Å². The van der Waals surface area contributed by atoms with Gasteiger partial charge in [-0.1, -0.05) is 5.92 Å². The summed E-state index contributed by atoms with van der Waals surface area (Å²) in [6.07, 6.45) is 8.76. The molecule has 2 rings (SSSR count). The second kappa shape index (κ2) is 6.04. The van der Waals surface area contributed by atoms with Crippen LogP contribution in [0.3, 0.4) is 0 Å². The molecule has 2 aliphatic heterocycles. The second-order valence-corrected chi connectivity index (χ2v) is 4.83. The quantitative estimate of drug-likeness (QED) is 0.548. The number of nitrogens with zero attached hydrogens (tertiary/aromatic N) is 2. The lowest BCUT2D eigenvalue weighted by molar-refractivity contribution is -0.130. The van der Waals surface area contributed by atoms with E-state index < -0.39 is 0 Å². The highest BCUT2D eigenvalue weighted by Gasteiger charge is 2.30. The van der Waals surface area contributed by atoms with Gasteiger partial charge in [-0.15, -0.1) is 6.42 Å². The van der Waals surface area contributed by atoms with Crippen molar-refractivity contribution in [3.63, 3.8) is 0 Å². The Morgan fingerprint density at radius 3 is 3.00 bits per heavy atom. The van der Waals surface area contributed by atoms with Gasteiger partial charge in [0.15, 0.2) is 0 Å². The molecule has 0 saturated carbocycles. The van der Waals surface area contributed by atoms with E-state index >= 15 is 0 Å². The third-order valence-electron chi connectivity index (χ3n) is 3.66. The molecule has 0 aromatic carbocycles. The number of carbonyl (C=O) groups is 1. The van der Waals surface area contributed by atoms with Gasteiger partial charge >= 0.3 is 0 Å². The molecule has 1 amide bonds. The molecular formula is C13H21N3O. The first kappa shape index (κ1) is 12.4. The van der Waals surface area contributed by atoms with Gasteiger partial charge in [0.1, 0.15) is 0 Å². The fourth-order valence-corrected chi connectivity index (χ4v) is 2.79. The number of hydrogen-bond donors (Lipinski definition) is 1. The maximum absolute atomic E-state index is 12.0. The Balaban J connectivity index is 1.83. The van der Waals surface area contributed by atoms with Crippen molar-refractivity contribution in [2.75, 3.05) is 39.3 Å². The molecule has 17 heavy (non-hydrogen) atoms. The predicted octanol–water partition coefficient (Wildman–Crippen LogP) is -0.0941. The van der Waals surface area contributed by atoms with E-state index in [0.29, 0.717) is 19.1 Å². The summed E-state index contributed by atoms with van der Waals surface area (Å²) in [4.78, 5) is 16.5. The minimum atomic E-state index is 0.189. The Labute approximate surface area is 103 Å². The van der Waals surface area contributed by atoms with Crippen LogP contribution in [-0.4, -0.2) is 61.0 Å². The maximum Gasteiger partial charge on any atom is 0.236 e. The van der Waals surface area contributed by atoms with Crippen LogP contribution in [0.5, 0.6) is 0 Å². The topological polar surface area (TPSA) is 35.6 Å². The lowest BCUT2D eigenvalue weighted by atomic mass is 10.2. The first-order valence-corrected chi connectivity index (χ1v) is 6.47. The predicted molar refractivity (Wildman–Crippen MR) is 67.5 cm³/mol. The standard InChI is InChI=1S/C13H21N3O/c1-2-6-14-10-13(17)16-9-4-8-15-7-3-5-12(15)11-16/h1,12,14H,3-11H2. The Morgan fingerprint density at radius 2 is 2.18 bits per heavy atom. The normalized spacial score (nSPS) is 25.1. The molecule has 0 radical (unpaired) electrons. The van der Waals surface area contributed by atoms with E-state index in [4.69, 9.17) is 6.42 Å². The van der Waals surface area contributed by atoms with E-state index in [2.05, 4.69) is 16.1 Å². The van der Waals surface area contributed by atoms with Gasteiger partial charge in [0, 0.05) is 25.7 Å². The van der Waals surface area contributed by atoms with Gasteiger partial charge in [0.05, 0.1) is 13.1 Å². The van der Waals surface area contributed by atoms with Crippen molar-refractivity contribution >= 4 is 5.91 Å². The van der Waals surface area contributed by atoms with Crippen LogP contribution in [0, 0.1) is 12.3 Å². The van der Waals surface area contributed by atoms with E-state index in [9.17, 15) is 4.79 Å². The highest BCUT2D eigenvalue weighted by molar-refractivity contribution is 5.78. The zero-order valence-electron chi connectivity index (χ0n) is 10.3. The fraction of sp³-hybridized carbons (Fsp3) is 0.769. The van der Waals surface area contributed by atoms with Crippen molar-refractivity contribution in [1.29, 1.82) is 0 Å². The molecule has 1 N–H and O–H groups in total. The van der Waals surface area contributed by atoms with Crippen LogP contribution in [0.2, 0.25) is 0 Å². The number of rotatable bonds is 3. The molecule has 0 aromatic rings. The summed E-state index contributed by atoms with van der Waals surface area (Å²) >= 11 is 0. The lowest BCUT2D eigenvalue weighted by Gasteiger charge is -2.25. The highest BCUT2D eigenvalue weighted by Crippen LogP contribution is 2.21. The summed E-state index contributed by atoms with van der Waals surface area (Å²) in [7, 11) is 0. The minimum absolute atomic E-state index is 0.189. The summed E-state index contributed by atoms with van der Waals surface area (Å²) < 4.78 is 0. The molecule has 2 aliphatic rings. The van der Waals surface area contributed by atoms with Gasteiger partial charge < -0.3 is 4.90 Å². The van der Waals surface area contributed by atoms with Crippen molar-refractivity contribution in [1.82, 2.24) is 15.1 Å². The third-order valence-corrected chi connectivity index (χ3v) is 3.66. The average Bonchev–Trinajstić information content (AvgIpc) is 2.66. The SMILES string of the molecule is C#CCNCC(=O)N1CCCN2CCCC2C1. The number of fused-ring (bicyclic) bond motifs is 1. The Morgan fingerprint density at radius 1 is 1.35 bits per heavy atom. The number of amides is 1. The van der Waals surface area contributed by atoms with Gasteiger partial charge in [0.25, 0.3) is 0 Å². The van der Waals surface area contributed by atoms with Crippen LogP contribution in [0.25, 0.3) is 0 Å². The molecule has 0 aliphatic carbocycles. The van der Waals surface area contributed by atoms with Gasteiger partial charge in [-0.05, 0) is 25.8 Å². The monoisotopic (exact) mass is 235 g/mol. The van der Waals surface area contributed by atoms with Crippen molar-refractivity contribution < 1.29 is 4.79 Å². The second-order valence-electron chi connectivity index (χ2n) is 4.83. The summed E-state index contributed by atoms with van der Waals surface area (Å²) in [5, 5.41) is 2.97. The number of carbonyl (C=O) groups excluding carboxylic acids is 1. The number of nitrogens with one attached hydrogen (secondary N) is 1. The number of hydrogen-bond acceptors (Lipinski definition) is 3. The van der Waals surface area contributed by atoms with E-state index in [-0.39, 0.29) is 5.91 Å². The van der Waals surface area contributed by atoms with Crippen molar-refractivity contribution in [3.05, 3.63) is 0 Å². The van der Waals surface area contributed by atoms with Crippen molar-refractivity contribution in [2.24, 2.45) is 0 Å². The van der Waals surface area contributed by atoms with Gasteiger partial charge in [-0.25, -0.2) is 0 Å². The van der Waals surface area contributed by atoms with Crippen molar-refractivity contribution in [2.45, 2.75) is 25.3 Å². The van der Waals surface area contributed by atoms with Gasteiger partial charge in [-0.3, -0.25) is 15.0 Å². The van der Waals surface area contributed by atoms with E-state index in [1.54, 1.807) is 0 Å². The van der Waals surface area contributed by atoms with E-state index in [1.165, 1.54) is 19.4 Å². The highest BCUT2D eigenvalue weighted by atomic mass is 16.2. The molecule has 94 valence electrons. The number of terminal acetylenes is 1. The van der Waals surface area contributed by atoms with Gasteiger partial charge in [-0.2, -0.15) is 0 Å². The van der Waals surface area contributed by atoms with Crippen molar-refractivity contribution in [3.8, 4) is 12.3 Å². The minimum Gasteiger partial charge on any atom is -0.340 e. The molecule has 0 bridgehead atoms. The first-order chi connectivity index (χ1) is 8.31. The van der Waals surface area contributed by atoms with E-state index in [0.717, 1.165) is 26.1 Å². The molecule has 2 heterocycles. The van der Waals surface area contributed by atoms with Crippen LogP contribution in [0.1, 0.15) is 19.3 Å². The van der Waals surface area contributed by atoms with Crippen LogP contribution < -0.4 is 5.32 Å². The largest absolute Gasteiger partial charge is 0.340 e. The van der Waals surface area contributed by atoms with Gasteiger partial charge in [0.2, 0.25) is 5.91 Å². The first-order valence-electron chi connectivity index (χ1n) is 6.47. The molecule has 2 fully saturated rings. The molecule has 0 spiro atoms. The smallest absolute Gasteiger partial charge is 0.236 e. The maximum atomic E-state index is 12.0. The van der Waals surface area contributed by atoms with Crippen LogP contribution in [-0.2, 0) is 4.79 Å². The Hall–Kier alpha value is -1.05. The zero-order valence-corrected chi connectivity index (χ0v) is 10.3.